The molecule has 0 saturated carbocycles. The van der Waals surface area contributed by atoms with Gasteiger partial charge in [-0.2, -0.15) is 4.98 Å². The van der Waals surface area contributed by atoms with Crippen LogP contribution in [-0.2, 0) is 17.8 Å². The Kier molecular flexibility index (Phi) is 4.91. The highest BCUT2D eigenvalue weighted by molar-refractivity contribution is 5.00. The van der Waals surface area contributed by atoms with Gasteiger partial charge in [0.2, 0.25) is 5.89 Å². The van der Waals surface area contributed by atoms with Crippen LogP contribution >= 0.6 is 0 Å². The maximum Gasteiger partial charge on any atom is 0.229 e. The summed E-state index contributed by atoms with van der Waals surface area (Å²) in [4.78, 5) is 9.36. The maximum absolute atomic E-state index is 5.53. The van der Waals surface area contributed by atoms with Gasteiger partial charge in [0, 0.05) is 19.0 Å². The second-order valence-corrected chi connectivity index (χ2v) is 6.57. The second-order valence-electron chi connectivity index (χ2n) is 6.57. The summed E-state index contributed by atoms with van der Waals surface area (Å²) in [5, 5.41) is 4.17. The molecular weight excluding hydrogens is 308 g/mol. The zero-order valence-corrected chi connectivity index (χ0v) is 13.9. The van der Waals surface area contributed by atoms with Crippen LogP contribution in [0.25, 0.3) is 0 Å². The zero-order valence-electron chi connectivity index (χ0n) is 13.9. The van der Waals surface area contributed by atoms with Crippen LogP contribution < -0.4 is 0 Å². The summed E-state index contributed by atoms with van der Waals surface area (Å²) in [6.07, 6.45) is 3.84. The standard InChI is InChI=1S/C17H24N4O3/c1-2-15(23-9-1)12-20-5-3-14(4-6-20)17-18-16(19-24-17)13-21-7-10-22-11-8-21/h1-2,9,14H,3-8,10-13H2. The number of nitrogens with zero attached hydrogens (tertiary/aromatic N) is 4. The summed E-state index contributed by atoms with van der Waals surface area (Å²) in [7, 11) is 0. The van der Waals surface area contributed by atoms with Crippen LogP contribution in [-0.4, -0.2) is 59.3 Å². The van der Waals surface area contributed by atoms with Crippen LogP contribution in [0.4, 0.5) is 0 Å². The number of aromatic nitrogens is 2. The van der Waals surface area contributed by atoms with Gasteiger partial charge in [0.05, 0.1) is 32.6 Å². The van der Waals surface area contributed by atoms with E-state index in [9.17, 15) is 0 Å². The van der Waals surface area contributed by atoms with Gasteiger partial charge >= 0.3 is 0 Å². The Morgan fingerprint density at radius 1 is 1.04 bits per heavy atom. The molecular formula is C17H24N4O3. The summed E-state index contributed by atoms with van der Waals surface area (Å²) in [5.74, 6) is 3.00. The van der Waals surface area contributed by atoms with Crippen molar-refractivity contribution in [2.75, 3.05) is 39.4 Å². The molecule has 0 aromatic carbocycles. The third-order valence-electron chi connectivity index (χ3n) is 4.85. The molecule has 0 radical (unpaired) electrons. The molecule has 0 unspecified atom stereocenters. The van der Waals surface area contributed by atoms with Gasteiger partial charge in [-0.1, -0.05) is 5.16 Å². The molecule has 4 rings (SSSR count). The number of rotatable bonds is 5. The normalized spacial score (nSPS) is 21.3. The van der Waals surface area contributed by atoms with E-state index in [2.05, 4.69) is 19.9 Å². The number of hydrogen-bond acceptors (Lipinski definition) is 7. The predicted octanol–water partition coefficient (Wildman–Crippen LogP) is 1.87. The summed E-state index contributed by atoms with van der Waals surface area (Å²) in [6, 6.07) is 3.97. The summed E-state index contributed by atoms with van der Waals surface area (Å²) >= 11 is 0. The quantitative estimate of drug-likeness (QED) is 0.828. The van der Waals surface area contributed by atoms with E-state index in [1.165, 1.54) is 0 Å². The minimum atomic E-state index is 0.379. The molecule has 2 aliphatic heterocycles. The average molecular weight is 332 g/mol. The number of hydrogen-bond donors (Lipinski definition) is 0. The molecule has 2 fully saturated rings. The van der Waals surface area contributed by atoms with Gasteiger partial charge in [0.1, 0.15) is 5.76 Å². The van der Waals surface area contributed by atoms with E-state index in [4.69, 9.17) is 13.7 Å². The summed E-state index contributed by atoms with van der Waals surface area (Å²) in [5.41, 5.74) is 0. The van der Waals surface area contributed by atoms with Crippen LogP contribution in [0.3, 0.4) is 0 Å². The van der Waals surface area contributed by atoms with Gasteiger partial charge < -0.3 is 13.7 Å². The van der Waals surface area contributed by atoms with E-state index in [0.717, 1.165) is 82.8 Å². The molecule has 2 aromatic heterocycles. The number of furan rings is 1. The van der Waals surface area contributed by atoms with Gasteiger partial charge in [-0.05, 0) is 38.1 Å². The van der Waals surface area contributed by atoms with Crippen molar-refractivity contribution in [3.63, 3.8) is 0 Å². The highest BCUT2D eigenvalue weighted by atomic mass is 16.5. The van der Waals surface area contributed by atoms with Crippen molar-refractivity contribution < 1.29 is 13.7 Å². The lowest BCUT2D eigenvalue weighted by Gasteiger charge is -2.29. The molecule has 2 aromatic rings. The Labute approximate surface area is 141 Å². The number of likely N-dealkylation sites (tertiary alicyclic amines) is 1. The molecule has 2 saturated heterocycles. The van der Waals surface area contributed by atoms with Gasteiger partial charge in [0.25, 0.3) is 0 Å². The van der Waals surface area contributed by atoms with Crippen LogP contribution in [0.2, 0.25) is 0 Å². The fraction of sp³-hybridized carbons (Fsp3) is 0.647. The molecule has 2 aliphatic rings. The van der Waals surface area contributed by atoms with E-state index >= 15 is 0 Å². The van der Waals surface area contributed by atoms with Gasteiger partial charge in [-0.3, -0.25) is 9.80 Å². The minimum Gasteiger partial charge on any atom is -0.468 e. The Bertz CT molecular complexity index is 614. The number of piperidine rings is 1. The third kappa shape index (κ3) is 3.85. The topological polar surface area (TPSA) is 67.8 Å². The molecule has 0 atom stereocenters. The van der Waals surface area contributed by atoms with Crippen LogP contribution in [0.15, 0.2) is 27.3 Å². The first-order chi connectivity index (χ1) is 11.9. The largest absolute Gasteiger partial charge is 0.468 e. The van der Waals surface area contributed by atoms with Crippen molar-refractivity contribution >= 4 is 0 Å². The van der Waals surface area contributed by atoms with Crippen molar-refractivity contribution in [1.82, 2.24) is 19.9 Å². The molecule has 0 N–H and O–H groups in total. The predicted molar refractivity (Wildman–Crippen MR) is 86.4 cm³/mol. The fourth-order valence-electron chi connectivity index (χ4n) is 3.42. The van der Waals surface area contributed by atoms with Crippen molar-refractivity contribution in [2.45, 2.75) is 31.8 Å². The Balaban J connectivity index is 1.28. The fourth-order valence-corrected chi connectivity index (χ4v) is 3.42. The summed E-state index contributed by atoms with van der Waals surface area (Å²) < 4.78 is 16.3. The van der Waals surface area contributed by atoms with Gasteiger partial charge in [-0.15, -0.1) is 0 Å². The second kappa shape index (κ2) is 7.46. The SMILES string of the molecule is c1coc(CN2CCC(c3nc(CN4CCOCC4)no3)CC2)c1. The Morgan fingerprint density at radius 3 is 2.58 bits per heavy atom. The number of ether oxygens (including phenoxy) is 1. The molecule has 7 nitrogen and oxygen atoms in total. The first-order valence-electron chi connectivity index (χ1n) is 8.74. The van der Waals surface area contributed by atoms with Crippen molar-refractivity contribution in [3.8, 4) is 0 Å². The third-order valence-corrected chi connectivity index (χ3v) is 4.85. The van der Waals surface area contributed by atoms with Gasteiger partial charge in [-0.25, -0.2) is 0 Å². The van der Waals surface area contributed by atoms with E-state index < -0.39 is 0 Å². The van der Waals surface area contributed by atoms with E-state index in [0.29, 0.717) is 5.92 Å². The first-order valence-corrected chi connectivity index (χ1v) is 8.74. The smallest absolute Gasteiger partial charge is 0.229 e. The molecule has 7 heteroatoms. The molecule has 130 valence electrons. The lowest BCUT2D eigenvalue weighted by Crippen LogP contribution is -2.36. The lowest BCUT2D eigenvalue weighted by atomic mass is 9.97. The van der Waals surface area contributed by atoms with E-state index in [1.807, 2.05) is 12.1 Å². The van der Waals surface area contributed by atoms with E-state index in [-0.39, 0.29) is 0 Å². The lowest BCUT2D eigenvalue weighted by molar-refractivity contribution is 0.0327. The minimum absolute atomic E-state index is 0.379. The van der Waals surface area contributed by atoms with Crippen LogP contribution in [0.5, 0.6) is 0 Å². The molecule has 0 bridgehead atoms. The van der Waals surface area contributed by atoms with Crippen molar-refractivity contribution in [2.24, 2.45) is 0 Å². The zero-order chi connectivity index (χ0) is 16.2. The molecule has 4 heterocycles. The molecule has 0 aliphatic carbocycles. The van der Waals surface area contributed by atoms with Crippen LogP contribution in [0.1, 0.15) is 36.2 Å². The highest BCUT2D eigenvalue weighted by Crippen LogP contribution is 2.27. The monoisotopic (exact) mass is 332 g/mol. The highest BCUT2D eigenvalue weighted by Gasteiger charge is 2.26. The first kappa shape index (κ1) is 15.8. The summed E-state index contributed by atoms with van der Waals surface area (Å²) in [6.45, 7) is 7.16. The Hall–Kier alpha value is -1.70. The molecule has 0 amide bonds. The molecule has 24 heavy (non-hydrogen) atoms. The van der Waals surface area contributed by atoms with Gasteiger partial charge in [0.15, 0.2) is 5.82 Å². The maximum atomic E-state index is 5.53. The molecule has 0 spiro atoms. The Morgan fingerprint density at radius 2 is 1.83 bits per heavy atom. The average Bonchev–Trinajstić information content (AvgIpc) is 3.29. The number of morpholine rings is 1. The van der Waals surface area contributed by atoms with Crippen molar-refractivity contribution in [1.29, 1.82) is 0 Å². The van der Waals surface area contributed by atoms with E-state index in [1.54, 1.807) is 6.26 Å². The van der Waals surface area contributed by atoms with Crippen molar-refractivity contribution in [3.05, 3.63) is 35.9 Å². The van der Waals surface area contributed by atoms with Crippen LogP contribution in [0, 0.1) is 0 Å².